The first-order valence-electron chi connectivity index (χ1n) is 12.5. The number of aliphatic carboxylic acids is 1. The summed E-state index contributed by atoms with van der Waals surface area (Å²) in [6, 6.07) is 28.6. The van der Waals surface area contributed by atoms with Crippen molar-refractivity contribution in [1.82, 2.24) is 4.90 Å². The van der Waals surface area contributed by atoms with E-state index in [4.69, 9.17) is 0 Å². The number of carbonyl (C=O) groups is 2. The number of allylic oxidation sites excluding steroid dienone is 1. The molecule has 0 aromatic heterocycles. The van der Waals surface area contributed by atoms with Gasteiger partial charge in [-0.15, -0.1) is 0 Å². The number of carboxylic acids is 1. The number of nitrogens with zero attached hydrogens (tertiary/aromatic N) is 2. The average molecular weight is 509 g/mol. The van der Waals surface area contributed by atoms with E-state index in [1.54, 1.807) is 17.8 Å². The SMILES string of the molecule is O=C(O)C1=CN(Cc2ccccc2-c2ccccc2)C2CC=C(N=C(CCCc3ccccc3)S2)C1=O. The first-order chi connectivity index (χ1) is 18.1. The molecule has 6 heteroatoms. The van der Waals surface area contributed by atoms with E-state index >= 15 is 0 Å². The van der Waals surface area contributed by atoms with Crippen molar-refractivity contribution in [3.63, 3.8) is 0 Å². The highest BCUT2D eigenvalue weighted by atomic mass is 32.2. The number of thioether (sulfide) groups is 1. The first-order valence-corrected chi connectivity index (χ1v) is 13.3. The summed E-state index contributed by atoms with van der Waals surface area (Å²) in [6.07, 6.45) is 6.49. The van der Waals surface area contributed by atoms with Crippen LogP contribution in [0.4, 0.5) is 0 Å². The lowest BCUT2D eigenvalue weighted by molar-refractivity contribution is -0.134. The average Bonchev–Trinajstić information content (AvgIpc) is 3.12. The molecule has 1 unspecified atom stereocenters. The minimum absolute atomic E-state index is 0.0701. The number of ketones is 1. The second-order valence-corrected chi connectivity index (χ2v) is 10.4. The Morgan fingerprint density at radius 3 is 2.41 bits per heavy atom. The molecule has 3 aromatic rings. The van der Waals surface area contributed by atoms with Crippen LogP contribution in [0.2, 0.25) is 0 Å². The normalized spacial score (nSPS) is 17.3. The van der Waals surface area contributed by atoms with Gasteiger partial charge in [0, 0.05) is 12.7 Å². The smallest absolute Gasteiger partial charge is 0.341 e. The number of aryl methyl sites for hydroxylation is 1. The predicted octanol–water partition coefficient (Wildman–Crippen LogP) is 6.48. The van der Waals surface area contributed by atoms with E-state index in [0.29, 0.717) is 13.0 Å². The van der Waals surface area contributed by atoms with Gasteiger partial charge in [0.2, 0.25) is 5.78 Å². The van der Waals surface area contributed by atoms with Crippen molar-refractivity contribution in [2.75, 3.05) is 0 Å². The molecular formula is C31H28N2O3S. The zero-order valence-corrected chi connectivity index (χ0v) is 21.2. The maximum absolute atomic E-state index is 13.2. The van der Waals surface area contributed by atoms with Crippen molar-refractivity contribution in [1.29, 1.82) is 0 Å². The van der Waals surface area contributed by atoms with Crippen LogP contribution in [0, 0.1) is 0 Å². The minimum Gasteiger partial charge on any atom is -0.477 e. The van der Waals surface area contributed by atoms with Gasteiger partial charge in [-0.05, 0) is 47.9 Å². The van der Waals surface area contributed by atoms with Crippen LogP contribution >= 0.6 is 11.8 Å². The van der Waals surface area contributed by atoms with Gasteiger partial charge in [0.05, 0.1) is 10.4 Å². The van der Waals surface area contributed by atoms with Crippen molar-refractivity contribution < 1.29 is 14.7 Å². The zero-order valence-electron chi connectivity index (χ0n) is 20.4. The van der Waals surface area contributed by atoms with E-state index in [9.17, 15) is 14.7 Å². The third-order valence-corrected chi connectivity index (χ3v) is 7.86. The molecule has 2 aliphatic rings. The number of benzene rings is 3. The third-order valence-electron chi connectivity index (χ3n) is 6.56. The summed E-state index contributed by atoms with van der Waals surface area (Å²) in [4.78, 5) is 32.0. The van der Waals surface area contributed by atoms with Crippen LogP contribution in [-0.4, -0.2) is 32.2 Å². The number of fused-ring (bicyclic) bond motifs is 2. The van der Waals surface area contributed by atoms with Gasteiger partial charge in [0.1, 0.15) is 11.3 Å². The summed E-state index contributed by atoms with van der Waals surface area (Å²) in [6.45, 7) is 0.479. The number of rotatable bonds is 8. The maximum atomic E-state index is 13.2. The molecule has 5 rings (SSSR count). The Morgan fingerprint density at radius 2 is 1.65 bits per heavy atom. The number of hydrogen-bond acceptors (Lipinski definition) is 5. The van der Waals surface area contributed by atoms with Crippen molar-refractivity contribution in [3.05, 3.63) is 120 Å². The van der Waals surface area contributed by atoms with Crippen molar-refractivity contribution in [2.24, 2.45) is 4.99 Å². The Kier molecular flexibility index (Phi) is 7.66. The molecule has 0 spiro atoms. The van der Waals surface area contributed by atoms with E-state index in [1.165, 1.54) is 11.8 Å². The fourth-order valence-corrected chi connectivity index (χ4v) is 5.86. The second-order valence-electron chi connectivity index (χ2n) is 9.11. The quantitative estimate of drug-likeness (QED) is 0.353. The molecule has 2 bridgehead atoms. The molecule has 0 aliphatic carbocycles. The van der Waals surface area contributed by atoms with E-state index in [2.05, 4.69) is 41.4 Å². The molecule has 2 heterocycles. The van der Waals surface area contributed by atoms with Gasteiger partial charge >= 0.3 is 5.97 Å². The van der Waals surface area contributed by atoms with E-state index < -0.39 is 11.8 Å². The lowest BCUT2D eigenvalue weighted by Crippen LogP contribution is -2.31. The molecule has 186 valence electrons. The van der Waals surface area contributed by atoms with Gasteiger partial charge in [-0.3, -0.25) is 4.79 Å². The molecule has 0 amide bonds. The molecule has 0 radical (unpaired) electrons. The molecule has 3 aromatic carbocycles. The summed E-state index contributed by atoms with van der Waals surface area (Å²) >= 11 is 1.63. The first kappa shape index (κ1) is 24.8. The zero-order chi connectivity index (χ0) is 25.6. The topological polar surface area (TPSA) is 70.0 Å². The van der Waals surface area contributed by atoms with Gasteiger partial charge in [0.25, 0.3) is 0 Å². The number of Topliss-reactive ketones (excluding diaryl/α,β-unsaturated/α-hetero) is 1. The van der Waals surface area contributed by atoms with E-state index in [-0.39, 0.29) is 16.6 Å². The van der Waals surface area contributed by atoms with E-state index in [1.807, 2.05) is 53.4 Å². The number of aliphatic imine (C=N–C) groups is 1. The Labute approximate surface area is 221 Å². The molecular weight excluding hydrogens is 480 g/mol. The number of hydrogen-bond donors (Lipinski definition) is 1. The Morgan fingerprint density at radius 1 is 0.946 bits per heavy atom. The number of carboxylic acid groups (broad SMARTS) is 1. The van der Waals surface area contributed by atoms with Crippen molar-refractivity contribution in [2.45, 2.75) is 37.6 Å². The molecule has 37 heavy (non-hydrogen) atoms. The Hall–Kier alpha value is -3.90. The highest BCUT2D eigenvalue weighted by molar-refractivity contribution is 8.14. The summed E-state index contributed by atoms with van der Waals surface area (Å²) in [7, 11) is 0. The molecule has 1 atom stereocenters. The molecule has 0 fully saturated rings. The van der Waals surface area contributed by atoms with Crippen LogP contribution in [0.25, 0.3) is 11.1 Å². The van der Waals surface area contributed by atoms with Crippen LogP contribution in [0.1, 0.15) is 30.4 Å². The van der Waals surface area contributed by atoms with Crippen molar-refractivity contribution >= 4 is 28.6 Å². The molecule has 5 nitrogen and oxygen atoms in total. The van der Waals surface area contributed by atoms with Crippen LogP contribution in [0.15, 0.2) is 113 Å². The maximum Gasteiger partial charge on any atom is 0.341 e. The molecule has 2 aliphatic heterocycles. The van der Waals surface area contributed by atoms with Crippen LogP contribution < -0.4 is 0 Å². The van der Waals surface area contributed by atoms with Gasteiger partial charge < -0.3 is 10.0 Å². The molecule has 0 saturated carbocycles. The summed E-state index contributed by atoms with van der Waals surface area (Å²) < 4.78 is 0. The number of carbonyl (C=O) groups excluding carboxylic acids is 1. The van der Waals surface area contributed by atoms with Gasteiger partial charge in [-0.2, -0.15) is 0 Å². The lowest BCUT2D eigenvalue weighted by atomic mass is 9.99. The Balaban J connectivity index is 1.43. The fraction of sp³-hybridized carbons (Fsp3) is 0.194. The predicted molar refractivity (Wildman–Crippen MR) is 149 cm³/mol. The van der Waals surface area contributed by atoms with Crippen LogP contribution in [0.3, 0.4) is 0 Å². The summed E-state index contributed by atoms with van der Waals surface area (Å²) in [5.74, 6) is -1.76. The highest BCUT2D eigenvalue weighted by Gasteiger charge is 2.31. The second kappa shape index (κ2) is 11.4. The Bertz CT molecular complexity index is 1380. The minimum atomic E-state index is -1.23. The largest absolute Gasteiger partial charge is 0.477 e. The fourth-order valence-electron chi connectivity index (χ4n) is 4.67. The van der Waals surface area contributed by atoms with E-state index in [0.717, 1.165) is 41.0 Å². The monoisotopic (exact) mass is 508 g/mol. The summed E-state index contributed by atoms with van der Waals surface area (Å²) in [5.41, 5.74) is 4.52. The van der Waals surface area contributed by atoms with Crippen LogP contribution in [0.5, 0.6) is 0 Å². The molecule has 1 N–H and O–H groups in total. The third kappa shape index (κ3) is 5.92. The standard InChI is InChI=1S/C31H28N2O3S/c34-30-26(31(35)36)21-33(20-24-15-7-8-16-25(24)23-13-5-2-6-14-23)29-19-18-27(30)32-28(37-29)17-9-12-22-10-3-1-4-11-22/h1-8,10-11,13-16,18,21,29H,9,12,17,19-20H2,(H,35,36). The van der Waals surface area contributed by atoms with Crippen LogP contribution in [-0.2, 0) is 22.6 Å². The van der Waals surface area contributed by atoms with Gasteiger partial charge in [-0.25, -0.2) is 9.79 Å². The van der Waals surface area contributed by atoms with Gasteiger partial charge in [-0.1, -0.05) is 103 Å². The summed E-state index contributed by atoms with van der Waals surface area (Å²) in [5, 5.41) is 10.7. The van der Waals surface area contributed by atoms with Crippen molar-refractivity contribution in [3.8, 4) is 11.1 Å². The molecule has 0 saturated heterocycles. The lowest BCUT2D eigenvalue weighted by Gasteiger charge is -2.31. The highest BCUT2D eigenvalue weighted by Crippen LogP contribution is 2.34. The van der Waals surface area contributed by atoms with Gasteiger partial charge in [0.15, 0.2) is 0 Å².